The van der Waals surface area contributed by atoms with Crippen LogP contribution in [0.1, 0.15) is 27.3 Å². The molecule has 0 N–H and O–H groups in total. The summed E-state index contributed by atoms with van der Waals surface area (Å²) >= 11 is 7.07. The number of halogens is 1. The molecule has 2 aromatic carbocycles. The standard InChI is InChI=1S/C19H17ClN2OS/c1-13-3-5-15(6-4-13)12-22-18(11-14(2)21-22)19(23)24-17-9-7-16(20)8-10-17/h3-11H,12H2,1-2H3. The number of aromatic nitrogens is 2. The maximum atomic E-state index is 12.6. The molecule has 0 aliphatic carbocycles. The number of aryl methyl sites for hydroxylation is 2. The van der Waals surface area contributed by atoms with Gasteiger partial charge in [-0.05, 0) is 61.5 Å². The molecule has 0 saturated carbocycles. The molecule has 3 rings (SSSR count). The van der Waals surface area contributed by atoms with Gasteiger partial charge < -0.3 is 0 Å². The van der Waals surface area contributed by atoms with Crippen LogP contribution in [0.5, 0.6) is 0 Å². The molecule has 1 aromatic heterocycles. The van der Waals surface area contributed by atoms with Crippen molar-refractivity contribution in [2.45, 2.75) is 25.3 Å². The third-order valence-corrected chi connectivity index (χ3v) is 4.74. The second kappa shape index (κ2) is 7.24. The van der Waals surface area contributed by atoms with Crippen LogP contribution in [0.15, 0.2) is 59.5 Å². The lowest BCUT2D eigenvalue weighted by molar-refractivity contribution is 0.108. The van der Waals surface area contributed by atoms with E-state index in [4.69, 9.17) is 11.6 Å². The number of hydrogen-bond acceptors (Lipinski definition) is 3. The number of thioether (sulfide) groups is 1. The van der Waals surface area contributed by atoms with E-state index < -0.39 is 0 Å². The monoisotopic (exact) mass is 356 g/mol. The first-order chi connectivity index (χ1) is 11.5. The average molecular weight is 357 g/mol. The number of nitrogens with zero attached hydrogens (tertiary/aromatic N) is 2. The molecule has 0 unspecified atom stereocenters. The summed E-state index contributed by atoms with van der Waals surface area (Å²) in [6.07, 6.45) is 0. The average Bonchev–Trinajstić information content (AvgIpc) is 2.92. The fraction of sp³-hybridized carbons (Fsp3) is 0.158. The fourth-order valence-electron chi connectivity index (χ4n) is 2.36. The summed E-state index contributed by atoms with van der Waals surface area (Å²) in [5.41, 5.74) is 3.77. The molecule has 0 spiro atoms. The summed E-state index contributed by atoms with van der Waals surface area (Å²) in [6, 6.07) is 17.3. The normalized spacial score (nSPS) is 10.8. The molecule has 24 heavy (non-hydrogen) atoms. The lowest BCUT2D eigenvalue weighted by Gasteiger charge is -2.07. The second-order valence-corrected chi connectivity index (χ2v) is 7.14. The Balaban J connectivity index is 1.81. The predicted molar refractivity (Wildman–Crippen MR) is 98.9 cm³/mol. The van der Waals surface area contributed by atoms with Crippen molar-refractivity contribution in [1.29, 1.82) is 0 Å². The van der Waals surface area contributed by atoms with Crippen LogP contribution >= 0.6 is 23.4 Å². The Bertz CT molecular complexity index is 854. The van der Waals surface area contributed by atoms with Gasteiger partial charge in [0.1, 0.15) is 5.69 Å². The van der Waals surface area contributed by atoms with Gasteiger partial charge in [-0.15, -0.1) is 0 Å². The number of carbonyl (C=O) groups excluding carboxylic acids is 1. The largest absolute Gasteiger partial charge is 0.279 e. The molecule has 122 valence electrons. The summed E-state index contributed by atoms with van der Waals surface area (Å²) in [7, 11) is 0. The van der Waals surface area contributed by atoms with E-state index in [1.165, 1.54) is 17.3 Å². The first-order valence-electron chi connectivity index (χ1n) is 7.59. The van der Waals surface area contributed by atoms with Crippen molar-refractivity contribution in [3.05, 3.63) is 82.1 Å². The highest BCUT2D eigenvalue weighted by Crippen LogP contribution is 2.25. The highest BCUT2D eigenvalue weighted by Gasteiger charge is 2.16. The Labute approximate surface area is 150 Å². The van der Waals surface area contributed by atoms with Crippen LogP contribution in [0.25, 0.3) is 0 Å². The van der Waals surface area contributed by atoms with Crippen molar-refractivity contribution in [1.82, 2.24) is 9.78 Å². The highest BCUT2D eigenvalue weighted by atomic mass is 35.5. The SMILES string of the molecule is Cc1ccc(Cn2nc(C)cc2C(=O)Sc2ccc(Cl)cc2)cc1. The van der Waals surface area contributed by atoms with E-state index in [1.807, 2.05) is 25.1 Å². The lowest BCUT2D eigenvalue weighted by Crippen LogP contribution is -2.09. The zero-order valence-corrected chi connectivity index (χ0v) is 15.1. The third-order valence-electron chi connectivity index (χ3n) is 3.59. The van der Waals surface area contributed by atoms with Crippen molar-refractivity contribution in [3.63, 3.8) is 0 Å². The molecule has 0 fully saturated rings. The fourth-order valence-corrected chi connectivity index (χ4v) is 3.24. The van der Waals surface area contributed by atoms with Gasteiger partial charge in [0.2, 0.25) is 5.12 Å². The molecule has 0 saturated heterocycles. The highest BCUT2D eigenvalue weighted by molar-refractivity contribution is 8.14. The molecule has 0 atom stereocenters. The van der Waals surface area contributed by atoms with Crippen LogP contribution < -0.4 is 0 Å². The maximum absolute atomic E-state index is 12.6. The van der Waals surface area contributed by atoms with E-state index in [9.17, 15) is 4.79 Å². The van der Waals surface area contributed by atoms with Crippen molar-refractivity contribution in [2.75, 3.05) is 0 Å². The molecule has 0 amide bonds. The number of rotatable bonds is 4. The van der Waals surface area contributed by atoms with Crippen LogP contribution in [0.4, 0.5) is 0 Å². The molecule has 0 aliphatic rings. The molecule has 3 nitrogen and oxygen atoms in total. The predicted octanol–water partition coefficient (Wildman–Crippen LogP) is 5.13. The maximum Gasteiger partial charge on any atom is 0.242 e. The molecular weight excluding hydrogens is 340 g/mol. The van der Waals surface area contributed by atoms with Crippen LogP contribution in [-0.4, -0.2) is 14.9 Å². The second-order valence-electron chi connectivity index (χ2n) is 5.66. The Hall–Kier alpha value is -2.04. The molecule has 0 bridgehead atoms. The Morgan fingerprint density at radius 3 is 2.42 bits per heavy atom. The van der Waals surface area contributed by atoms with Gasteiger partial charge in [-0.1, -0.05) is 41.4 Å². The number of carbonyl (C=O) groups is 1. The van der Waals surface area contributed by atoms with Crippen LogP contribution in [0.2, 0.25) is 5.02 Å². The van der Waals surface area contributed by atoms with Crippen molar-refractivity contribution in [3.8, 4) is 0 Å². The van der Waals surface area contributed by atoms with Gasteiger partial charge in [0.05, 0.1) is 12.2 Å². The van der Waals surface area contributed by atoms with Crippen molar-refractivity contribution in [2.24, 2.45) is 0 Å². The molecular formula is C19H17ClN2OS. The minimum atomic E-state index is -0.0231. The topological polar surface area (TPSA) is 34.9 Å². The summed E-state index contributed by atoms with van der Waals surface area (Å²) < 4.78 is 1.77. The van der Waals surface area contributed by atoms with Crippen molar-refractivity contribution < 1.29 is 4.79 Å². The Morgan fingerprint density at radius 1 is 1.08 bits per heavy atom. The van der Waals surface area contributed by atoms with Gasteiger partial charge in [-0.25, -0.2) is 0 Å². The van der Waals surface area contributed by atoms with Crippen LogP contribution in [0, 0.1) is 13.8 Å². The van der Waals surface area contributed by atoms with Gasteiger partial charge in [-0.2, -0.15) is 5.10 Å². The minimum absolute atomic E-state index is 0.0231. The molecule has 0 aliphatic heterocycles. The zero-order valence-electron chi connectivity index (χ0n) is 13.5. The smallest absolute Gasteiger partial charge is 0.242 e. The van der Waals surface area contributed by atoms with Gasteiger partial charge >= 0.3 is 0 Å². The van der Waals surface area contributed by atoms with Gasteiger partial charge in [0, 0.05) is 9.92 Å². The van der Waals surface area contributed by atoms with Gasteiger partial charge in [0.25, 0.3) is 0 Å². The Morgan fingerprint density at radius 2 is 1.75 bits per heavy atom. The van der Waals surface area contributed by atoms with Gasteiger partial charge in [0.15, 0.2) is 0 Å². The van der Waals surface area contributed by atoms with E-state index in [-0.39, 0.29) is 5.12 Å². The molecule has 3 aromatic rings. The van der Waals surface area contributed by atoms with E-state index in [0.717, 1.165) is 16.2 Å². The summed E-state index contributed by atoms with van der Waals surface area (Å²) in [5.74, 6) is 0. The number of hydrogen-bond donors (Lipinski definition) is 0. The quantitative estimate of drug-likeness (QED) is 0.607. The van der Waals surface area contributed by atoms with Crippen LogP contribution in [-0.2, 0) is 6.54 Å². The zero-order chi connectivity index (χ0) is 17.1. The van der Waals surface area contributed by atoms with E-state index >= 15 is 0 Å². The molecule has 5 heteroatoms. The molecule has 0 radical (unpaired) electrons. The third kappa shape index (κ3) is 4.08. The van der Waals surface area contributed by atoms with E-state index in [2.05, 4.69) is 36.3 Å². The van der Waals surface area contributed by atoms with Crippen molar-refractivity contribution >= 4 is 28.5 Å². The minimum Gasteiger partial charge on any atom is -0.279 e. The summed E-state index contributed by atoms with van der Waals surface area (Å²) in [5, 5.41) is 5.10. The first kappa shape index (κ1) is 16.8. The van der Waals surface area contributed by atoms with E-state index in [0.29, 0.717) is 17.3 Å². The van der Waals surface area contributed by atoms with Gasteiger partial charge in [-0.3, -0.25) is 9.48 Å². The first-order valence-corrected chi connectivity index (χ1v) is 8.78. The summed E-state index contributed by atoms with van der Waals surface area (Å²) in [4.78, 5) is 13.5. The summed E-state index contributed by atoms with van der Waals surface area (Å²) in [6.45, 7) is 4.53. The molecule has 1 heterocycles. The van der Waals surface area contributed by atoms with E-state index in [1.54, 1.807) is 16.8 Å². The lowest BCUT2D eigenvalue weighted by atomic mass is 10.1. The Kier molecular flexibility index (Phi) is 5.07. The van der Waals surface area contributed by atoms with Crippen LogP contribution in [0.3, 0.4) is 0 Å². The number of benzene rings is 2.